The smallest absolute Gasteiger partial charge is 0.264 e. The van der Waals surface area contributed by atoms with Crippen molar-refractivity contribution in [2.45, 2.75) is 25.8 Å². The van der Waals surface area contributed by atoms with Crippen LogP contribution in [0, 0.1) is 6.92 Å². The van der Waals surface area contributed by atoms with Crippen molar-refractivity contribution in [3.05, 3.63) is 88.7 Å². The molecule has 0 bridgehead atoms. The molecule has 6 nitrogen and oxygen atoms in total. The molecule has 2 aromatic carbocycles. The fraction of sp³-hybridized carbons (Fsp3) is 0.192. The van der Waals surface area contributed by atoms with Gasteiger partial charge in [0.25, 0.3) is 5.91 Å². The van der Waals surface area contributed by atoms with Crippen LogP contribution >= 0.6 is 11.3 Å². The zero-order valence-corrected chi connectivity index (χ0v) is 19.1. The summed E-state index contributed by atoms with van der Waals surface area (Å²) >= 11 is 1.40. The van der Waals surface area contributed by atoms with E-state index in [1.807, 2.05) is 83.7 Å². The Hall–Kier alpha value is -3.71. The first-order valence-corrected chi connectivity index (χ1v) is 11.8. The Labute approximate surface area is 196 Å². The van der Waals surface area contributed by atoms with E-state index in [0.717, 1.165) is 35.3 Å². The molecule has 2 aromatic heterocycles. The maximum atomic E-state index is 13.1. The summed E-state index contributed by atoms with van der Waals surface area (Å²) in [4.78, 5) is 33.0. The number of carbonyl (C=O) groups excluding carboxylic acids is 2. The summed E-state index contributed by atoms with van der Waals surface area (Å²) in [7, 11) is 0. The Morgan fingerprint density at radius 1 is 1.09 bits per heavy atom. The van der Waals surface area contributed by atoms with E-state index in [1.54, 1.807) is 11.0 Å². The molecule has 1 aliphatic carbocycles. The first-order chi connectivity index (χ1) is 16.1. The van der Waals surface area contributed by atoms with E-state index in [-0.39, 0.29) is 24.4 Å². The number of hydrogen-bond donors (Lipinski definition) is 1. The summed E-state index contributed by atoms with van der Waals surface area (Å²) in [5, 5.41) is 4.83. The van der Waals surface area contributed by atoms with Crippen molar-refractivity contribution in [3.8, 4) is 16.9 Å². The Balaban J connectivity index is 1.42. The van der Waals surface area contributed by atoms with Crippen LogP contribution in [0.25, 0.3) is 16.9 Å². The number of imidazole rings is 1. The molecule has 5 rings (SSSR count). The van der Waals surface area contributed by atoms with Gasteiger partial charge in [-0.1, -0.05) is 48.5 Å². The molecule has 0 atom stereocenters. The maximum Gasteiger partial charge on any atom is 0.264 e. The minimum Gasteiger partial charge on any atom is -0.326 e. The molecule has 0 radical (unpaired) electrons. The lowest BCUT2D eigenvalue weighted by atomic mass is 10.2. The third-order valence-corrected chi connectivity index (χ3v) is 6.46. The van der Waals surface area contributed by atoms with Crippen LogP contribution < -0.4 is 5.32 Å². The molecule has 2 amide bonds. The average Bonchev–Trinajstić information content (AvgIpc) is 3.34. The van der Waals surface area contributed by atoms with Crippen molar-refractivity contribution in [3.63, 3.8) is 0 Å². The fourth-order valence-electron chi connectivity index (χ4n) is 3.80. The van der Waals surface area contributed by atoms with Crippen molar-refractivity contribution in [2.24, 2.45) is 0 Å². The monoisotopic (exact) mass is 456 g/mol. The van der Waals surface area contributed by atoms with E-state index < -0.39 is 0 Å². The molecule has 1 saturated carbocycles. The van der Waals surface area contributed by atoms with Crippen LogP contribution in [-0.4, -0.2) is 38.9 Å². The zero-order chi connectivity index (χ0) is 22.8. The highest BCUT2D eigenvalue weighted by Gasteiger charge is 2.35. The summed E-state index contributed by atoms with van der Waals surface area (Å²) < 4.78 is 1.88. The Morgan fingerprint density at radius 2 is 1.91 bits per heavy atom. The van der Waals surface area contributed by atoms with Gasteiger partial charge in [-0.25, -0.2) is 4.98 Å². The van der Waals surface area contributed by atoms with Gasteiger partial charge in [0.05, 0.1) is 10.6 Å². The van der Waals surface area contributed by atoms with E-state index >= 15 is 0 Å². The number of nitrogens with one attached hydrogen (secondary N) is 1. The van der Waals surface area contributed by atoms with E-state index in [2.05, 4.69) is 5.32 Å². The number of rotatable bonds is 7. The highest BCUT2D eigenvalue weighted by atomic mass is 32.1. The molecule has 0 aliphatic heterocycles. The fourth-order valence-corrected chi connectivity index (χ4v) is 4.48. The number of aromatic nitrogens is 2. The molecule has 0 spiro atoms. The summed E-state index contributed by atoms with van der Waals surface area (Å²) in [6, 6.07) is 21.7. The molecule has 1 aliphatic rings. The summed E-state index contributed by atoms with van der Waals surface area (Å²) in [6.45, 7) is 2.03. The third-order valence-electron chi connectivity index (χ3n) is 5.60. The number of hydrogen-bond acceptors (Lipinski definition) is 4. The third kappa shape index (κ3) is 4.73. The first-order valence-electron chi connectivity index (χ1n) is 10.9. The van der Waals surface area contributed by atoms with E-state index in [1.165, 1.54) is 11.3 Å². The van der Waals surface area contributed by atoms with Gasteiger partial charge >= 0.3 is 0 Å². The lowest BCUT2D eigenvalue weighted by Gasteiger charge is -2.21. The minimum absolute atomic E-state index is 0.00273. The number of amides is 2. The number of carbonyl (C=O) groups is 2. The number of anilines is 1. The summed E-state index contributed by atoms with van der Waals surface area (Å²) in [5.41, 5.74) is 3.75. The minimum atomic E-state index is -0.258. The van der Waals surface area contributed by atoms with Crippen LogP contribution in [0.5, 0.6) is 0 Å². The van der Waals surface area contributed by atoms with Crippen molar-refractivity contribution < 1.29 is 9.59 Å². The highest BCUT2D eigenvalue weighted by molar-refractivity contribution is 7.12. The Bertz CT molecular complexity index is 1280. The molecule has 1 N–H and O–H groups in total. The maximum absolute atomic E-state index is 13.1. The van der Waals surface area contributed by atoms with Crippen LogP contribution in [0.2, 0.25) is 0 Å². The summed E-state index contributed by atoms with van der Waals surface area (Å²) in [6.07, 6.45) is 3.79. The number of benzene rings is 2. The standard InChI is InChI=1S/C26H24N4O2S/c1-18-7-5-10-21(15-18)30-16-22(19-8-3-2-4-9-19)27-26(30)28-24(31)17-29(20-12-13-20)25(32)23-11-6-14-33-23/h2-11,14-16,20H,12-13,17H2,1H3,(H,27,28,31). The molecule has 1 fully saturated rings. The van der Waals surface area contributed by atoms with Crippen molar-refractivity contribution in [2.75, 3.05) is 11.9 Å². The quantitative estimate of drug-likeness (QED) is 0.418. The van der Waals surface area contributed by atoms with Gasteiger partial charge in [0, 0.05) is 23.5 Å². The van der Waals surface area contributed by atoms with Crippen molar-refractivity contribution in [1.82, 2.24) is 14.5 Å². The lowest BCUT2D eigenvalue weighted by molar-refractivity contribution is -0.117. The molecule has 33 heavy (non-hydrogen) atoms. The number of thiophene rings is 1. The predicted molar refractivity (Wildman–Crippen MR) is 131 cm³/mol. The number of aryl methyl sites for hydroxylation is 1. The second kappa shape index (κ2) is 9.03. The van der Waals surface area contributed by atoms with Gasteiger partial charge in [-0.15, -0.1) is 11.3 Å². The van der Waals surface area contributed by atoms with E-state index in [9.17, 15) is 9.59 Å². The molecule has 4 aromatic rings. The number of nitrogens with zero attached hydrogens (tertiary/aromatic N) is 3. The molecule has 0 unspecified atom stereocenters. The lowest BCUT2D eigenvalue weighted by Crippen LogP contribution is -2.39. The molecular formula is C26H24N4O2S. The van der Waals surface area contributed by atoms with Gasteiger partial charge in [-0.3, -0.25) is 19.5 Å². The summed E-state index contributed by atoms with van der Waals surface area (Å²) in [5.74, 6) is 0.0874. The topological polar surface area (TPSA) is 67.2 Å². The Morgan fingerprint density at radius 3 is 2.61 bits per heavy atom. The molecule has 2 heterocycles. The Kier molecular flexibility index (Phi) is 5.79. The van der Waals surface area contributed by atoms with Gasteiger partial charge < -0.3 is 4.90 Å². The van der Waals surface area contributed by atoms with Crippen LogP contribution in [0.4, 0.5) is 5.95 Å². The van der Waals surface area contributed by atoms with Gasteiger partial charge in [0.1, 0.15) is 6.54 Å². The van der Waals surface area contributed by atoms with Crippen LogP contribution in [0.15, 0.2) is 78.3 Å². The highest BCUT2D eigenvalue weighted by Crippen LogP contribution is 2.29. The second-order valence-electron chi connectivity index (χ2n) is 8.21. The molecule has 7 heteroatoms. The molecular weight excluding hydrogens is 432 g/mol. The predicted octanol–water partition coefficient (Wildman–Crippen LogP) is 5.15. The van der Waals surface area contributed by atoms with Gasteiger partial charge in [-0.2, -0.15) is 0 Å². The van der Waals surface area contributed by atoms with Crippen LogP contribution in [-0.2, 0) is 4.79 Å². The van der Waals surface area contributed by atoms with Gasteiger partial charge in [0.2, 0.25) is 11.9 Å². The molecule has 166 valence electrons. The van der Waals surface area contributed by atoms with E-state index in [0.29, 0.717) is 10.8 Å². The van der Waals surface area contributed by atoms with Crippen LogP contribution in [0.1, 0.15) is 28.1 Å². The zero-order valence-electron chi connectivity index (χ0n) is 18.3. The van der Waals surface area contributed by atoms with E-state index in [4.69, 9.17) is 4.98 Å². The average molecular weight is 457 g/mol. The van der Waals surface area contributed by atoms with Gasteiger partial charge in [0.15, 0.2) is 0 Å². The largest absolute Gasteiger partial charge is 0.326 e. The second-order valence-corrected chi connectivity index (χ2v) is 9.16. The van der Waals surface area contributed by atoms with Crippen LogP contribution in [0.3, 0.4) is 0 Å². The SMILES string of the molecule is Cc1cccc(-n2cc(-c3ccccc3)nc2NC(=O)CN(C(=O)c2cccs2)C2CC2)c1. The first kappa shape index (κ1) is 21.2. The molecule has 0 saturated heterocycles. The van der Waals surface area contributed by atoms with Crippen molar-refractivity contribution >= 4 is 29.1 Å². The van der Waals surface area contributed by atoms with Gasteiger partial charge in [-0.05, 0) is 48.9 Å². The van der Waals surface area contributed by atoms with Crippen molar-refractivity contribution in [1.29, 1.82) is 0 Å². The normalized spacial score (nSPS) is 13.0.